The third kappa shape index (κ3) is 6.39. The number of halogens is 2. The fraction of sp³-hybridized carbons (Fsp3) is 0.208. The van der Waals surface area contributed by atoms with Gasteiger partial charge in [0.25, 0.3) is 0 Å². The van der Waals surface area contributed by atoms with Crippen molar-refractivity contribution in [2.45, 2.75) is 19.2 Å². The number of hydrogen-bond donors (Lipinski definition) is 1. The molecule has 0 fully saturated rings. The standard InChI is InChI=1S/C24H24F2N2O2/c1-28(16-18-8-4-2-5-9-18)17-22(29)27-23(19-10-6-3-7-11-19)20-12-14-21(15-13-20)30-24(25)26/h2-15,23-24H,16-17H2,1H3,(H,27,29)/t23-/m1/s1. The second-order valence-corrected chi connectivity index (χ2v) is 7.02. The van der Waals surface area contributed by atoms with Gasteiger partial charge in [0.15, 0.2) is 0 Å². The number of amides is 1. The number of nitrogens with zero attached hydrogens (tertiary/aromatic N) is 1. The molecule has 1 N–H and O–H groups in total. The first kappa shape index (κ1) is 21.5. The Hall–Kier alpha value is -3.25. The van der Waals surface area contributed by atoms with Crippen LogP contribution < -0.4 is 10.1 Å². The Bertz CT molecular complexity index is 919. The fourth-order valence-electron chi connectivity index (χ4n) is 3.25. The van der Waals surface area contributed by atoms with E-state index in [4.69, 9.17) is 0 Å². The van der Waals surface area contributed by atoms with Crippen molar-refractivity contribution in [3.8, 4) is 5.75 Å². The summed E-state index contributed by atoms with van der Waals surface area (Å²) in [6.07, 6.45) is 0. The summed E-state index contributed by atoms with van der Waals surface area (Å²) in [6.45, 7) is -1.99. The van der Waals surface area contributed by atoms with Crippen molar-refractivity contribution in [2.24, 2.45) is 0 Å². The molecule has 0 aliphatic carbocycles. The molecule has 0 bridgehead atoms. The molecule has 0 unspecified atom stereocenters. The van der Waals surface area contributed by atoms with Crippen molar-refractivity contribution in [3.05, 3.63) is 102 Å². The van der Waals surface area contributed by atoms with E-state index < -0.39 is 12.7 Å². The zero-order valence-electron chi connectivity index (χ0n) is 16.7. The number of hydrogen-bond acceptors (Lipinski definition) is 3. The van der Waals surface area contributed by atoms with E-state index in [1.807, 2.05) is 72.6 Å². The molecule has 30 heavy (non-hydrogen) atoms. The van der Waals surface area contributed by atoms with Crippen molar-refractivity contribution >= 4 is 5.91 Å². The summed E-state index contributed by atoms with van der Waals surface area (Å²) in [5.74, 6) is -0.0512. The van der Waals surface area contributed by atoms with Crippen LogP contribution in [0.5, 0.6) is 5.75 Å². The minimum absolute atomic E-state index is 0.0782. The molecule has 156 valence electrons. The van der Waals surface area contributed by atoms with Crippen LogP contribution in [0.3, 0.4) is 0 Å². The minimum Gasteiger partial charge on any atom is -0.435 e. The van der Waals surface area contributed by atoms with Crippen LogP contribution in [0.4, 0.5) is 8.78 Å². The molecule has 0 aliphatic heterocycles. The zero-order valence-corrected chi connectivity index (χ0v) is 16.7. The summed E-state index contributed by atoms with van der Waals surface area (Å²) in [5, 5.41) is 3.06. The largest absolute Gasteiger partial charge is 0.435 e. The van der Waals surface area contributed by atoms with Gasteiger partial charge in [0.05, 0.1) is 12.6 Å². The summed E-state index contributed by atoms with van der Waals surface area (Å²) in [4.78, 5) is 14.7. The van der Waals surface area contributed by atoms with Crippen molar-refractivity contribution in [1.82, 2.24) is 10.2 Å². The maximum absolute atomic E-state index is 12.7. The monoisotopic (exact) mass is 410 g/mol. The zero-order chi connectivity index (χ0) is 21.3. The Labute approximate surface area is 175 Å². The number of carbonyl (C=O) groups is 1. The average molecular weight is 410 g/mol. The van der Waals surface area contributed by atoms with Gasteiger partial charge in [-0.25, -0.2) is 0 Å². The van der Waals surface area contributed by atoms with Crippen molar-refractivity contribution < 1.29 is 18.3 Å². The average Bonchev–Trinajstić information content (AvgIpc) is 2.73. The van der Waals surface area contributed by atoms with Crippen LogP contribution >= 0.6 is 0 Å². The molecule has 3 rings (SSSR count). The number of alkyl halides is 2. The minimum atomic E-state index is -2.87. The predicted molar refractivity (Wildman–Crippen MR) is 112 cm³/mol. The highest BCUT2D eigenvalue weighted by atomic mass is 19.3. The van der Waals surface area contributed by atoms with Crippen molar-refractivity contribution in [2.75, 3.05) is 13.6 Å². The third-order valence-electron chi connectivity index (χ3n) is 4.59. The first-order valence-corrected chi connectivity index (χ1v) is 9.63. The van der Waals surface area contributed by atoms with Crippen LogP contribution in [-0.4, -0.2) is 31.0 Å². The Balaban J connectivity index is 1.70. The van der Waals surface area contributed by atoms with E-state index in [9.17, 15) is 13.6 Å². The Morgan fingerprint density at radius 3 is 2.07 bits per heavy atom. The summed E-state index contributed by atoms with van der Waals surface area (Å²) in [7, 11) is 1.89. The van der Waals surface area contributed by atoms with E-state index in [1.54, 1.807) is 12.1 Å². The highest BCUT2D eigenvalue weighted by Gasteiger charge is 2.18. The summed E-state index contributed by atoms with van der Waals surface area (Å²) < 4.78 is 29.2. The van der Waals surface area contributed by atoms with E-state index >= 15 is 0 Å². The van der Waals surface area contributed by atoms with Crippen LogP contribution in [0.25, 0.3) is 0 Å². The first-order chi connectivity index (χ1) is 14.5. The maximum Gasteiger partial charge on any atom is 0.387 e. The number of rotatable bonds is 9. The molecule has 0 radical (unpaired) electrons. The van der Waals surface area contributed by atoms with Crippen LogP contribution in [0.15, 0.2) is 84.9 Å². The second kappa shape index (κ2) is 10.5. The normalized spacial score (nSPS) is 12.0. The van der Waals surface area contributed by atoms with Crippen molar-refractivity contribution in [1.29, 1.82) is 0 Å². The van der Waals surface area contributed by atoms with Gasteiger partial charge < -0.3 is 10.1 Å². The fourth-order valence-corrected chi connectivity index (χ4v) is 3.25. The molecule has 0 heterocycles. The van der Waals surface area contributed by atoms with Gasteiger partial charge in [-0.2, -0.15) is 8.78 Å². The van der Waals surface area contributed by atoms with Crippen LogP contribution in [0, 0.1) is 0 Å². The van der Waals surface area contributed by atoms with Gasteiger partial charge in [0.1, 0.15) is 5.75 Å². The van der Waals surface area contributed by atoms with E-state index in [0.717, 1.165) is 16.7 Å². The van der Waals surface area contributed by atoms with Gasteiger partial charge in [0.2, 0.25) is 5.91 Å². The molecule has 1 atom stereocenters. The van der Waals surface area contributed by atoms with Crippen LogP contribution in [0.2, 0.25) is 0 Å². The molecule has 0 aromatic heterocycles. The number of benzene rings is 3. The van der Waals surface area contributed by atoms with E-state index in [-0.39, 0.29) is 18.2 Å². The topological polar surface area (TPSA) is 41.6 Å². The molecule has 0 saturated heterocycles. The Morgan fingerprint density at radius 1 is 0.900 bits per heavy atom. The molecule has 3 aromatic rings. The third-order valence-corrected chi connectivity index (χ3v) is 4.59. The summed E-state index contributed by atoms with van der Waals surface area (Å²) in [6, 6.07) is 25.4. The molecule has 0 saturated carbocycles. The molecule has 6 heteroatoms. The van der Waals surface area contributed by atoms with Crippen LogP contribution in [0.1, 0.15) is 22.7 Å². The second-order valence-electron chi connectivity index (χ2n) is 7.02. The van der Waals surface area contributed by atoms with E-state index in [0.29, 0.717) is 6.54 Å². The van der Waals surface area contributed by atoms with Gasteiger partial charge in [0, 0.05) is 6.54 Å². The molecule has 0 spiro atoms. The number of carbonyl (C=O) groups excluding carboxylic acids is 1. The lowest BCUT2D eigenvalue weighted by Crippen LogP contribution is -2.37. The smallest absolute Gasteiger partial charge is 0.387 e. The maximum atomic E-state index is 12.7. The first-order valence-electron chi connectivity index (χ1n) is 9.63. The summed E-state index contributed by atoms with van der Waals surface area (Å²) in [5.41, 5.74) is 2.81. The van der Waals surface area contributed by atoms with Crippen LogP contribution in [-0.2, 0) is 11.3 Å². The predicted octanol–water partition coefficient (Wildman–Crippen LogP) is 4.63. The highest BCUT2D eigenvalue weighted by Crippen LogP contribution is 2.25. The number of likely N-dealkylation sites (N-methyl/N-ethyl adjacent to an activating group) is 1. The van der Waals surface area contributed by atoms with Gasteiger partial charge >= 0.3 is 6.61 Å². The van der Waals surface area contributed by atoms with Gasteiger partial charge in [-0.1, -0.05) is 72.8 Å². The molecule has 3 aromatic carbocycles. The van der Waals surface area contributed by atoms with Gasteiger partial charge in [-0.15, -0.1) is 0 Å². The lowest BCUT2D eigenvalue weighted by molar-refractivity contribution is -0.122. The molecule has 0 aliphatic rings. The van der Waals surface area contributed by atoms with E-state index in [1.165, 1.54) is 12.1 Å². The molecule has 1 amide bonds. The Kier molecular flexibility index (Phi) is 7.51. The molecular weight excluding hydrogens is 386 g/mol. The van der Waals surface area contributed by atoms with Gasteiger partial charge in [-0.05, 0) is 35.9 Å². The molecule has 4 nitrogen and oxygen atoms in total. The Morgan fingerprint density at radius 2 is 1.47 bits per heavy atom. The van der Waals surface area contributed by atoms with Gasteiger partial charge in [-0.3, -0.25) is 9.69 Å². The summed E-state index contributed by atoms with van der Waals surface area (Å²) >= 11 is 0. The quantitative estimate of drug-likeness (QED) is 0.559. The number of nitrogens with one attached hydrogen (secondary N) is 1. The SMILES string of the molecule is CN(CC(=O)N[C@H](c1ccccc1)c1ccc(OC(F)F)cc1)Cc1ccccc1. The highest BCUT2D eigenvalue weighted by molar-refractivity contribution is 5.79. The molecular formula is C24H24F2N2O2. The lowest BCUT2D eigenvalue weighted by atomic mass is 9.98. The number of ether oxygens (including phenoxy) is 1. The van der Waals surface area contributed by atoms with Crippen molar-refractivity contribution in [3.63, 3.8) is 0 Å². The lowest BCUT2D eigenvalue weighted by Gasteiger charge is -2.22. The van der Waals surface area contributed by atoms with E-state index in [2.05, 4.69) is 10.1 Å².